The summed E-state index contributed by atoms with van der Waals surface area (Å²) in [5.41, 5.74) is -1.41. The summed E-state index contributed by atoms with van der Waals surface area (Å²) in [5.74, 6) is -0.820. The number of aryl methyl sites for hydroxylation is 1. The van der Waals surface area contributed by atoms with Crippen LogP contribution in [0.3, 0.4) is 0 Å². The van der Waals surface area contributed by atoms with E-state index in [4.69, 9.17) is 27.9 Å². The van der Waals surface area contributed by atoms with E-state index in [1.807, 2.05) is 13.0 Å². The monoisotopic (exact) mass is 390 g/mol. The number of aliphatic hydroxyl groups excluding tert-OH is 1. The SMILES string of the molecule is Cc1cccc(C2CC(c3cc(Cl)cc(Cl)c3)(C(F)(F)F)OC2O)c1. The molecular weight excluding hydrogens is 376 g/mol. The maximum atomic E-state index is 14.0. The van der Waals surface area contributed by atoms with Crippen molar-refractivity contribution in [2.24, 2.45) is 0 Å². The van der Waals surface area contributed by atoms with Gasteiger partial charge in [-0.2, -0.15) is 13.2 Å². The van der Waals surface area contributed by atoms with Crippen molar-refractivity contribution in [3.63, 3.8) is 0 Å². The van der Waals surface area contributed by atoms with Gasteiger partial charge in [-0.3, -0.25) is 0 Å². The highest BCUT2D eigenvalue weighted by molar-refractivity contribution is 6.34. The van der Waals surface area contributed by atoms with Gasteiger partial charge in [0.15, 0.2) is 11.9 Å². The second kappa shape index (κ2) is 6.47. The van der Waals surface area contributed by atoms with Gasteiger partial charge in [-0.1, -0.05) is 53.0 Å². The Morgan fingerprint density at radius 2 is 1.76 bits per heavy atom. The number of hydrogen-bond acceptors (Lipinski definition) is 2. The van der Waals surface area contributed by atoms with Crippen LogP contribution < -0.4 is 0 Å². The summed E-state index contributed by atoms with van der Waals surface area (Å²) in [6.07, 6.45) is -6.81. The number of benzene rings is 2. The van der Waals surface area contributed by atoms with Crippen LogP contribution in [0.15, 0.2) is 42.5 Å². The van der Waals surface area contributed by atoms with E-state index in [9.17, 15) is 18.3 Å². The minimum atomic E-state index is -4.75. The van der Waals surface area contributed by atoms with Crippen molar-refractivity contribution in [1.82, 2.24) is 0 Å². The summed E-state index contributed by atoms with van der Waals surface area (Å²) in [6.45, 7) is 1.83. The van der Waals surface area contributed by atoms with Crippen LogP contribution in [0.25, 0.3) is 0 Å². The number of ether oxygens (including phenoxy) is 1. The average molecular weight is 391 g/mol. The first-order chi connectivity index (χ1) is 11.6. The molecule has 1 N–H and O–H groups in total. The van der Waals surface area contributed by atoms with Crippen LogP contribution in [0, 0.1) is 6.92 Å². The lowest BCUT2D eigenvalue weighted by Gasteiger charge is -2.31. The lowest BCUT2D eigenvalue weighted by atomic mass is 9.83. The fourth-order valence-corrected chi connectivity index (χ4v) is 3.78. The molecule has 134 valence electrons. The Morgan fingerprint density at radius 1 is 1.12 bits per heavy atom. The van der Waals surface area contributed by atoms with Crippen LogP contribution in [0.1, 0.15) is 29.0 Å². The van der Waals surface area contributed by atoms with E-state index in [1.54, 1.807) is 18.2 Å². The maximum absolute atomic E-state index is 14.0. The van der Waals surface area contributed by atoms with Gasteiger partial charge in [0.1, 0.15) is 0 Å². The molecule has 3 rings (SSSR count). The molecule has 1 heterocycles. The van der Waals surface area contributed by atoms with E-state index < -0.39 is 30.4 Å². The molecule has 0 aliphatic carbocycles. The zero-order chi connectivity index (χ0) is 18.4. The average Bonchev–Trinajstić information content (AvgIpc) is 2.85. The standard InChI is InChI=1S/C18H15Cl2F3O2/c1-10-3-2-4-11(5-10)15-9-17(18(21,22)23,25-16(15)24)12-6-13(19)8-14(20)7-12/h2-8,15-16,24H,9H2,1H3. The Bertz CT molecular complexity index is 774. The Balaban J connectivity index is 2.09. The van der Waals surface area contributed by atoms with Crippen molar-refractivity contribution < 1.29 is 23.0 Å². The number of hydrogen-bond donors (Lipinski definition) is 1. The minimum Gasteiger partial charge on any atom is -0.367 e. The first kappa shape index (κ1) is 18.5. The smallest absolute Gasteiger partial charge is 0.367 e. The third kappa shape index (κ3) is 3.38. The van der Waals surface area contributed by atoms with Crippen molar-refractivity contribution in [3.8, 4) is 0 Å². The third-order valence-electron chi connectivity index (χ3n) is 4.43. The highest BCUT2D eigenvalue weighted by atomic mass is 35.5. The molecule has 1 aliphatic heterocycles. The molecule has 0 spiro atoms. The molecule has 25 heavy (non-hydrogen) atoms. The Kier molecular flexibility index (Phi) is 4.79. The molecule has 0 amide bonds. The van der Waals surface area contributed by atoms with E-state index >= 15 is 0 Å². The summed E-state index contributed by atoms with van der Waals surface area (Å²) >= 11 is 11.8. The van der Waals surface area contributed by atoms with Gasteiger partial charge in [0.05, 0.1) is 0 Å². The van der Waals surface area contributed by atoms with Crippen LogP contribution >= 0.6 is 23.2 Å². The minimum absolute atomic E-state index is 0.0724. The molecule has 1 aliphatic rings. The number of halogens is 5. The number of aliphatic hydroxyl groups is 1. The summed E-state index contributed by atoms with van der Waals surface area (Å²) in [5, 5.41) is 10.4. The fourth-order valence-electron chi connectivity index (χ4n) is 3.25. The summed E-state index contributed by atoms with van der Waals surface area (Å²) < 4.78 is 47.1. The van der Waals surface area contributed by atoms with E-state index in [0.29, 0.717) is 5.56 Å². The van der Waals surface area contributed by atoms with Gasteiger partial charge < -0.3 is 9.84 Å². The zero-order valence-electron chi connectivity index (χ0n) is 13.1. The van der Waals surface area contributed by atoms with Crippen LogP contribution in [-0.2, 0) is 10.3 Å². The van der Waals surface area contributed by atoms with Gasteiger partial charge in [0.2, 0.25) is 0 Å². The largest absolute Gasteiger partial charge is 0.421 e. The zero-order valence-corrected chi connectivity index (χ0v) is 14.7. The number of alkyl halides is 3. The van der Waals surface area contributed by atoms with Gasteiger partial charge in [-0.25, -0.2) is 0 Å². The van der Waals surface area contributed by atoms with E-state index in [1.165, 1.54) is 18.2 Å². The number of rotatable bonds is 2. The second-order valence-electron chi connectivity index (χ2n) is 6.22. The Hall–Kier alpha value is -1.27. The maximum Gasteiger partial charge on any atom is 0.421 e. The highest BCUT2D eigenvalue weighted by Crippen LogP contribution is 2.55. The van der Waals surface area contributed by atoms with Gasteiger partial charge in [0.25, 0.3) is 0 Å². The predicted octanol–water partition coefficient (Wildman–Crippen LogP) is 5.58. The molecule has 2 nitrogen and oxygen atoms in total. The molecule has 3 atom stereocenters. The molecule has 7 heteroatoms. The molecule has 0 aromatic heterocycles. The van der Waals surface area contributed by atoms with Crippen LogP contribution in [-0.4, -0.2) is 17.6 Å². The fraction of sp³-hybridized carbons (Fsp3) is 0.333. The van der Waals surface area contributed by atoms with Crippen LogP contribution in [0.5, 0.6) is 0 Å². The Morgan fingerprint density at radius 3 is 2.32 bits per heavy atom. The first-order valence-corrected chi connectivity index (χ1v) is 8.34. The highest BCUT2D eigenvalue weighted by Gasteiger charge is 2.64. The molecule has 2 aromatic rings. The summed E-state index contributed by atoms with van der Waals surface area (Å²) in [4.78, 5) is 0. The third-order valence-corrected chi connectivity index (χ3v) is 4.87. The molecule has 1 saturated heterocycles. The lowest BCUT2D eigenvalue weighted by Crippen LogP contribution is -2.42. The van der Waals surface area contributed by atoms with E-state index in [2.05, 4.69) is 0 Å². The predicted molar refractivity (Wildman–Crippen MR) is 89.8 cm³/mol. The van der Waals surface area contributed by atoms with E-state index in [-0.39, 0.29) is 15.6 Å². The summed E-state index contributed by atoms with van der Waals surface area (Å²) in [7, 11) is 0. The van der Waals surface area contributed by atoms with Crippen LogP contribution in [0.2, 0.25) is 10.0 Å². The molecule has 0 saturated carbocycles. The molecule has 2 aromatic carbocycles. The first-order valence-electron chi connectivity index (χ1n) is 7.58. The van der Waals surface area contributed by atoms with Gasteiger partial charge in [-0.15, -0.1) is 0 Å². The van der Waals surface area contributed by atoms with Gasteiger partial charge in [0, 0.05) is 22.4 Å². The molecule has 0 bridgehead atoms. The van der Waals surface area contributed by atoms with Crippen molar-refractivity contribution >= 4 is 23.2 Å². The molecule has 1 fully saturated rings. The van der Waals surface area contributed by atoms with E-state index in [0.717, 1.165) is 5.56 Å². The normalized spacial score (nSPS) is 26.8. The van der Waals surface area contributed by atoms with Crippen molar-refractivity contribution in [2.75, 3.05) is 0 Å². The molecular formula is C18H15Cl2F3O2. The van der Waals surface area contributed by atoms with Gasteiger partial charge >= 0.3 is 6.18 Å². The molecule has 3 unspecified atom stereocenters. The van der Waals surface area contributed by atoms with Crippen molar-refractivity contribution in [2.45, 2.75) is 37.3 Å². The van der Waals surface area contributed by atoms with Gasteiger partial charge in [-0.05, 0) is 36.2 Å². The quantitative estimate of drug-likeness (QED) is 0.724. The van der Waals surface area contributed by atoms with Crippen molar-refractivity contribution in [1.29, 1.82) is 0 Å². The Labute approximate surface area is 153 Å². The topological polar surface area (TPSA) is 29.5 Å². The summed E-state index contributed by atoms with van der Waals surface area (Å²) in [6, 6.07) is 10.7. The van der Waals surface area contributed by atoms with Crippen molar-refractivity contribution in [3.05, 3.63) is 69.2 Å². The van der Waals surface area contributed by atoms with Crippen LogP contribution in [0.4, 0.5) is 13.2 Å². The lowest BCUT2D eigenvalue weighted by molar-refractivity contribution is -0.297. The molecule has 0 radical (unpaired) electrons. The second-order valence-corrected chi connectivity index (χ2v) is 7.09.